The Morgan fingerprint density at radius 1 is 0.955 bits per heavy atom. The van der Waals surface area contributed by atoms with E-state index in [1.807, 2.05) is 12.2 Å². The molecule has 0 radical (unpaired) electrons. The quantitative estimate of drug-likeness (QED) is 0.591. The molecule has 1 aromatic rings. The van der Waals surface area contributed by atoms with Gasteiger partial charge in [0.25, 0.3) is 0 Å². The number of allylic oxidation sites excluding steroid dienone is 2. The molecule has 0 unspecified atom stereocenters. The Bertz CT molecular complexity index is 680. The third kappa shape index (κ3) is 1.63. The lowest BCUT2D eigenvalue weighted by atomic mass is 9.85. The van der Waals surface area contributed by atoms with Gasteiger partial charge in [0.1, 0.15) is 0 Å². The number of carbonyl (C=O) groups is 2. The number of fused-ring (bicyclic) bond motifs is 5. The molecule has 2 aliphatic carbocycles. The second-order valence-corrected chi connectivity index (χ2v) is 6.03. The molecule has 0 aromatic heterocycles. The Labute approximate surface area is 124 Å². The zero-order valence-electron chi connectivity index (χ0n) is 11.4. The first kappa shape index (κ1) is 13.5. The van der Waals surface area contributed by atoms with Crippen LogP contribution in [0.4, 0.5) is 18.9 Å². The summed E-state index contributed by atoms with van der Waals surface area (Å²) in [6.07, 6.45) is -0.0278. The minimum atomic E-state index is -4.61. The molecule has 22 heavy (non-hydrogen) atoms. The summed E-state index contributed by atoms with van der Waals surface area (Å²) in [5, 5.41) is 0. The van der Waals surface area contributed by atoms with E-state index in [0.717, 1.165) is 17.4 Å². The van der Waals surface area contributed by atoms with Crippen molar-refractivity contribution >= 4 is 17.5 Å². The summed E-state index contributed by atoms with van der Waals surface area (Å²) in [6, 6.07) is 4.75. The summed E-state index contributed by atoms with van der Waals surface area (Å²) in [4.78, 5) is 25.9. The van der Waals surface area contributed by atoms with Gasteiger partial charge in [0.2, 0.25) is 11.8 Å². The van der Waals surface area contributed by atoms with Gasteiger partial charge in [0.05, 0.1) is 23.1 Å². The molecule has 4 atom stereocenters. The SMILES string of the molecule is O=C1[C@H]2[C@H](C(=O)N1c1ccccc1C(F)(F)F)[C@H]1C=C[C@H]2C1. The van der Waals surface area contributed by atoms with Crippen LogP contribution in [0.5, 0.6) is 0 Å². The molecular weight excluding hydrogens is 295 g/mol. The van der Waals surface area contributed by atoms with E-state index in [1.165, 1.54) is 18.2 Å². The maximum absolute atomic E-state index is 13.2. The molecule has 1 heterocycles. The van der Waals surface area contributed by atoms with E-state index < -0.39 is 35.4 Å². The molecule has 6 heteroatoms. The lowest BCUT2D eigenvalue weighted by Crippen LogP contribution is -2.34. The number of carbonyl (C=O) groups excluding carboxylic acids is 2. The third-order valence-electron chi connectivity index (χ3n) is 4.92. The van der Waals surface area contributed by atoms with Crippen LogP contribution in [0.3, 0.4) is 0 Å². The molecule has 1 saturated heterocycles. The fourth-order valence-electron chi connectivity index (χ4n) is 4.05. The predicted octanol–water partition coefficient (Wildman–Crippen LogP) is 3.02. The van der Waals surface area contributed by atoms with Gasteiger partial charge in [-0.15, -0.1) is 0 Å². The average Bonchev–Trinajstić information content (AvgIpc) is 3.12. The summed E-state index contributed by atoms with van der Waals surface area (Å²) < 4.78 is 39.5. The number of alkyl halides is 3. The van der Waals surface area contributed by atoms with Crippen LogP contribution in [0.2, 0.25) is 0 Å². The highest BCUT2D eigenvalue weighted by Crippen LogP contribution is 2.54. The number of para-hydroxylation sites is 1. The van der Waals surface area contributed by atoms with E-state index in [0.29, 0.717) is 0 Å². The van der Waals surface area contributed by atoms with E-state index in [4.69, 9.17) is 0 Å². The first-order chi connectivity index (χ1) is 10.4. The summed E-state index contributed by atoms with van der Waals surface area (Å²) in [5.41, 5.74) is -1.30. The predicted molar refractivity (Wildman–Crippen MR) is 71.7 cm³/mol. The van der Waals surface area contributed by atoms with E-state index in [-0.39, 0.29) is 17.5 Å². The van der Waals surface area contributed by atoms with Crippen molar-refractivity contribution in [1.29, 1.82) is 0 Å². The van der Waals surface area contributed by atoms with Crippen LogP contribution >= 0.6 is 0 Å². The molecule has 1 saturated carbocycles. The fourth-order valence-corrected chi connectivity index (χ4v) is 4.05. The van der Waals surface area contributed by atoms with Gasteiger partial charge in [-0.2, -0.15) is 13.2 Å². The van der Waals surface area contributed by atoms with Crippen LogP contribution in [-0.4, -0.2) is 11.8 Å². The number of benzene rings is 1. The van der Waals surface area contributed by atoms with E-state index in [2.05, 4.69) is 0 Å². The molecule has 1 aliphatic heterocycles. The fraction of sp³-hybridized carbons (Fsp3) is 0.375. The summed E-state index contributed by atoms with van der Waals surface area (Å²) in [6.45, 7) is 0. The van der Waals surface area contributed by atoms with E-state index >= 15 is 0 Å². The molecule has 2 bridgehead atoms. The summed E-state index contributed by atoms with van der Waals surface area (Å²) >= 11 is 0. The van der Waals surface area contributed by atoms with Crippen LogP contribution < -0.4 is 4.90 Å². The highest BCUT2D eigenvalue weighted by atomic mass is 19.4. The largest absolute Gasteiger partial charge is 0.418 e. The zero-order chi connectivity index (χ0) is 15.6. The van der Waals surface area contributed by atoms with Crippen molar-refractivity contribution in [3.05, 3.63) is 42.0 Å². The van der Waals surface area contributed by atoms with Gasteiger partial charge in [0.15, 0.2) is 0 Å². The molecule has 4 rings (SSSR count). The Kier molecular flexibility index (Phi) is 2.59. The number of imide groups is 1. The molecule has 114 valence electrons. The Morgan fingerprint density at radius 3 is 2.05 bits per heavy atom. The smallest absolute Gasteiger partial charge is 0.274 e. The van der Waals surface area contributed by atoms with Gasteiger partial charge in [0, 0.05) is 0 Å². The molecule has 0 N–H and O–H groups in total. The lowest BCUT2D eigenvalue weighted by Gasteiger charge is -2.21. The summed E-state index contributed by atoms with van der Waals surface area (Å²) in [7, 11) is 0. The van der Waals surface area contributed by atoms with Crippen molar-refractivity contribution in [2.75, 3.05) is 4.90 Å². The molecule has 1 aromatic carbocycles. The lowest BCUT2D eigenvalue weighted by molar-refractivity contribution is -0.137. The zero-order valence-corrected chi connectivity index (χ0v) is 11.4. The van der Waals surface area contributed by atoms with Crippen molar-refractivity contribution in [2.24, 2.45) is 23.7 Å². The molecule has 2 fully saturated rings. The minimum Gasteiger partial charge on any atom is -0.274 e. The standard InChI is InChI=1S/C16H12F3NO2/c17-16(18,19)10-3-1-2-4-11(10)20-14(21)12-8-5-6-9(7-8)13(12)15(20)22/h1-6,8-9,12-13H,7H2/t8-,9-,12+,13+/m0/s1. The summed E-state index contributed by atoms with van der Waals surface area (Å²) in [5.74, 6) is -2.02. The number of halogens is 3. The maximum Gasteiger partial charge on any atom is 0.418 e. The van der Waals surface area contributed by atoms with Crippen molar-refractivity contribution in [3.63, 3.8) is 0 Å². The first-order valence-corrected chi connectivity index (χ1v) is 7.12. The van der Waals surface area contributed by atoms with Gasteiger partial charge in [-0.25, -0.2) is 4.90 Å². The van der Waals surface area contributed by atoms with Gasteiger partial charge in [-0.3, -0.25) is 9.59 Å². The first-order valence-electron chi connectivity index (χ1n) is 7.12. The number of nitrogens with zero attached hydrogens (tertiary/aromatic N) is 1. The highest BCUT2D eigenvalue weighted by Gasteiger charge is 2.60. The Morgan fingerprint density at radius 2 is 1.50 bits per heavy atom. The molecular formula is C16H12F3NO2. The average molecular weight is 307 g/mol. The highest BCUT2D eigenvalue weighted by molar-refractivity contribution is 6.23. The Balaban J connectivity index is 1.80. The minimum absolute atomic E-state index is 0.0190. The van der Waals surface area contributed by atoms with Crippen molar-refractivity contribution in [1.82, 2.24) is 0 Å². The number of hydrogen-bond donors (Lipinski definition) is 0. The topological polar surface area (TPSA) is 37.4 Å². The van der Waals surface area contributed by atoms with Crippen LogP contribution in [-0.2, 0) is 15.8 Å². The second kappa shape index (κ2) is 4.21. The van der Waals surface area contributed by atoms with Gasteiger partial charge < -0.3 is 0 Å². The van der Waals surface area contributed by atoms with Crippen LogP contribution in [0.1, 0.15) is 12.0 Å². The van der Waals surface area contributed by atoms with E-state index in [9.17, 15) is 22.8 Å². The number of amides is 2. The van der Waals surface area contributed by atoms with Gasteiger partial charge in [-0.1, -0.05) is 24.3 Å². The maximum atomic E-state index is 13.2. The normalized spacial score (nSPS) is 33.0. The van der Waals surface area contributed by atoms with Crippen molar-refractivity contribution in [2.45, 2.75) is 12.6 Å². The van der Waals surface area contributed by atoms with Crippen molar-refractivity contribution < 1.29 is 22.8 Å². The Hall–Kier alpha value is -2.11. The van der Waals surface area contributed by atoms with Gasteiger partial charge >= 0.3 is 6.18 Å². The van der Waals surface area contributed by atoms with Crippen LogP contribution in [0.25, 0.3) is 0 Å². The molecule has 3 nitrogen and oxygen atoms in total. The number of rotatable bonds is 1. The molecule has 0 spiro atoms. The monoisotopic (exact) mass is 307 g/mol. The molecule has 2 amide bonds. The van der Waals surface area contributed by atoms with Gasteiger partial charge in [-0.05, 0) is 30.4 Å². The third-order valence-corrected chi connectivity index (χ3v) is 4.92. The van der Waals surface area contributed by atoms with Crippen LogP contribution in [0, 0.1) is 23.7 Å². The second-order valence-electron chi connectivity index (χ2n) is 6.03. The molecule has 3 aliphatic rings. The van der Waals surface area contributed by atoms with Crippen molar-refractivity contribution in [3.8, 4) is 0 Å². The van der Waals surface area contributed by atoms with Crippen LogP contribution in [0.15, 0.2) is 36.4 Å². The number of hydrogen-bond acceptors (Lipinski definition) is 2. The number of anilines is 1. The van der Waals surface area contributed by atoms with E-state index in [1.54, 1.807) is 0 Å².